The standard InChI is InChI=1S/C15H24N2O3S/c1-6-10-7-8-11(21-10)9-16-13(20)17-15(4,5)14(2,3)12(18)19/h7-8H,6,9H2,1-5H3,(H,18,19)(H2,16,17,20). The third-order valence-corrected chi connectivity index (χ3v) is 5.24. The van der Waals surface area contributed by atoms with E-state index in [2.05, 4.69) is 23.6 Å². The minimum atomic E-state index is -1.07. The van der Waals surface area contributed by atoms with Crippen molar-refractivity contribution < 1.29 is 14.7 Å². The number of urea groups is 1. The summed E-state index contributed by atoms with van der Waals surface area (Å²) in [5.41, 5.74) is -1.93. The summed E-state index contributed by atoms with van der Waals surface area (Å²) in [6.07, 6.45) is 0.983. The summed E-state index contributed by atoms with van der Waals surface area (Å²) in [4.78, 5) is 25.6. The minimum Gasteiger partial charge on any atom is -0.481 e. The Kier molecular flexibility index (Phi) is 5.39. The highest BCUT2D eigenvalue weighted by Crippen LogP contribution is 2.30. The van der Waals surface area contributed by atoms with Crippen LogP contribution in [0.15, 0.2) is 12.1 Å². The zero-order valence-corrected chi connectivity index (χ0v) is 14.1. The molecule has 118 valence electrons. The molecule has 0 saturated carbocycles. The van der Waals surface area contributed by atoms with Gasteiger partial charge in [0.25, 0.3) is 0 Å². The molecule has 0 radical (unpaired) electrons. The predicted octanol–water partition coefficient (Wildman–Crippen LogP) is 3.00. The van der Waals surface area contributed by atoms with Crippen LogP contribution < -0.4 is 10.6 Å². The molecule has 1 rings (SSSR count). The molecule has 5 nitrogen and oxygen atoms in total. The van der Waals surface area contributed by atoms with E-state index in [1.54, 1.807) is 39.0 Å². The number of amides is 2. The second-order valence-corrected chi connectivity index (χ2v) is 7.34. The number of carboxylic acid groups (broad SMARTS) is 1. The zero-order valence-electron chi connectivity index (χ0n) is 13.2. The van der Waals surface area contributed by atoms with Crippen molar-refractivity contribution >= 4 is 23.3 Å². The van der Waals surface area contributed by atoms with Gasteiger partial charge in [0, 0.05) is 9.75 Å². The minimum absolute atomic E-state index is 0.360. The molecule has 21 heavy (non-hydrogen) atoms. The molecule has 3 N–H and O–H groups in total. The number of aliphatic carboxylic acids is 1. The number of rotatable bonds is 6. The van der Waals surface area contributed by atoms with Gasteiger partial charge in [-0.05, 0) is 46.2 Å². The summed E-state index contributed by atoms with van der Waals surface area (Å²) in [6.45, 7) is 9.15. The normalized spacial score (nSPS) is 12.0. The van der Waals surface area contributed by atoms with E-state index in [4.69, 9.17) is 0 Å². The number of aryl methyl sites for hydroxylation is 1. The maximum Gasteiger partial charge on any atom is 0.315 e. The number of nitrogens with one attached hydrogen (secondary N) is 2. The fraction of sp³-hybridized carbons (Fsp3) is 0.600. The van der Waals surface area contributed by atoms with E-state index in [0.29, 0.717) is 6.54 Å². The van der Waals surface area contributed by atoms with Crippen LogP contribution in [0.2, 0.25) is 0 Å². The first kappa shape index (κ1) is 17.5. The predicted molar refractivity (Wildman–Crippen MR) is 84.6 cm³/mol. The van der Waals surface area contributed by atoms with E-state index in [9.17, 15) is 14.7 Å². The first-order chi connectivity index (χ1) is 9.60. The van der Waals surface area contributed by atoms with Gasteiger partial charge in [-0.15, -0.1) is 11.3 Å². The summed E-state index contributed by atoms with van der Waals surface area (Å²) in [7, 11) is 0. The summed E-state index contributed by atoms with van der Waals surface area (Å²) >= 11 is 1.67. The quantitative estimate of drug-likeness (QED) is 0.755. The van der Waals surface area contributed by atoms with Crippen molar-refractivity contribution in [2.45, 2.75) is 53.1 Å². The van der Waals surface area contributed by atoms with Gasteiger partial charge in [0.15, 0.2) is 0 Å². The van der Waals surface area contributed by atoms with Crippen molar-refractivity contribution in [3.63, 3.8) is 0 Å². The van der Waals surface area contributed by atoms with E-state index < -0.39 is 16.9 Å². The van der Waals surface area contributed by atoms with Crippen LogP contribution in [-0.2, 0) is 17.8 Å². The Bertz CT molecular complexity index is 521. The SMILES string of the molecule is CCc1ccc(CNC(=O)NC(C)(C)C(C)(C)C(=O)O)s1. The smallest absolute Gasteiger partial charge is 0.315 e. The molecule has 1 heterocycles. The zero-order chi connectivity index (χ0) is 16.3. The topological polar surface area (TPSA) is 78.4 Å². The van der Waals surface area contributed by atoms with Crippen LogP contribution in [0.25, 0.3) is 0 Å². The summed E-state index contributed by atoms with van der Waals surface area (Å²) in [5.74, 6) is -0.946. The molecular weight excluding hydrogens is 288 g/mol. The van der Waals surface area contributed by atoms with E-state index in [0.717, 1.165) is 11.3 Å². The van der Waals surface area contributed by atoms with Gasteiger partial charge in [0.1, 0.15) is 0 Å². The van der Waals surface area contributed by atoms with E-state index >= 15 is 0 Å². The van der Waals surface area contributed by atoms with Gasteiger partial charge >= 0.3 is 12.0 Å². The molecule has 0 fully saturated rings. The highest BCUT2D eigenvalue weighted by Gasteiger charge is 2.44. The number of carbonyl (C=O) groups is 2. The highest BCUT2D eigenvalue weighted by atomic mass is 32.1. The third-order valence-electron chi connectivity index (χ3n) is 4.01. The average molecular weight is 312 g/mol. The van der Waals surface area contributed by atoms with Crippen LogP contribution >= 0.6 is 11.3 Å². The molecule has 6 heteroatoms. The number of carboxylic acids is 1. The summed E-state index contributed by atoms with van der Waals surface area (Å²) in [5, 5.41) is 14.8. The lowest BCUT2D eigenvalue weighted by atomic mass is 9.74. The van der Waals surface area contributed by atoms with Gasteiger partial charge in [0.05, 0.1) is 17.5 Å². The molecule has 0 spiro atoms. The molecule has 0 aliphatic heterocycles. The van der Waals surface area contributed by atoms with Gasteiger partial charge in [-0.3, -0.25) is 4.79 Å². The lowest BCUT2D eigenvalue weighted by molar-refractivity contribution is -0.150. The van der Waals surface area contributed by atoms with Crippen molar-refractivity contribution in [2.75, 3.05) is 0 Å². The van der Waals surface area contributed by atoms with Gasteiger partial charge in [-0.2, -0.15) is 0 Å². The lowest BCUT2D eigenvalue weighted by Crippen LogP contribution is -2.58. The molecule has 0 saturated heterocycles. The second-order valence-electron chi connectivity index (χ2n) is 6.08. The van der Waals surface area contributed by atoms with Crippen LogP contribution in [0.4, 0.5) is 4.79 Å². The molecule has 2 amide bonds. The second kappa shape index (κ2) is 6.47. The average Bonchev–Trinajstić information content (AvgIpc) is 2.83. The van der Waals surface area contributed by atoms with Crippen molar-refractivity contribution in [1.82, 2.24) is 10.6 Å². The molecule has 1 aromatic heterocycles. The van der Waals surface area contributed by atoms with Crippen molar-refractivity contribution in [3.05, 3.63) is 21.9 Å². The Balaban J connectivity index is 2.58. The monoisotopic (exact) mass is 312 g/mol. The molecule has 0 aliphatic rings. The Hall–Kier alpha value is -1.56. The Morgan fingerprint density at radius 1 is 1.19 bits per heavy atom. The maximum atomic E-state index is 12.0. The van der Waals surface area contributed by atoms with Crippen LogP contribution in [0, 0.1) is 5.41 Å². The number of thiophene rings is 1. The van der Waals surface area contributed by atoms with Crippen LogP contribution in [0.1, 0.15) is 44.4 Å². The van der Waals surface area contributed by atoms with Gasteiger partial charge in [0.2, 0.25) is 0 Å². The van der Waals surface area contributed by atoms with Crippen LogP contribution in [0.3, 0.4) is 0 Å². The first-order valence-electron chi connectivity index (χ1n) is 6.97. The van der Waals surface area contributed by atoms with Crippen molar-refractivity contribution in [2.24, 2.45) is 5.41 Å². The Labute approximate surface area is 129 Å². The maximum absolute atomic E-state index is 12.0. The molecular formula is C15H24N2O3S. The van der Waals surface area contributed by atoms with Gasteiger partial charge in [-0.25, -0.2) is 4.79 Å². The van der Waals surface area contributed by atoms with Crippen LogP contribution in [-0.4, -0.2) is 22.6 Å². The van der Waals surface area contributed by atoms with Crippen molar-refractivity contribution in [3.8, 4) is 0 Å². The lowest BCUT2D eigenvalue weighted by Gasteiger charge is -2.38. The number of hydrogen-bond acceptors (Lipinski definition) is 3. The molecule has 0 bridgehead atoms. The molecule has 0 aliphatic carbocycles. The van der Waals surface area contributed by atoms with E-state index in [1.165, 1.54) is 4.88 Å². The Morgan fingerprint density at radius 3 is 2.24 bits per heavy atom. The van der Waals surface area contributed by atoms with Gasteiger partial charge in [-0.1, -0.05) is 6.92 Å². The highest BCUT2D eigenvalue weighted by molar-refractivity contribution is 7.11. The first-order valence-corrected chi connectivity index (χ1v) is 7.79. The molecule has 0 unspecified atom stereocenters. The fourth-order valence-corrected chi connectivity index (χ4v) is 2.52. The number of carbonyl (C=O) groups excluding carboxylic acids is 1. The summed E-state index contributed by atoms with van der Waals surface area (Å²) in [6, 6.07) is 3.69. The molecule has 1 aromatic rings. The Morgan fingerprint density at radius 2 is 1.76 bits per heavy atom. The van der Waals surface area contributed by atoms with E-state index in [-0.39, 0.29) is 6.03 Å². The largest absolute Gasteiger partial charge is 0.481 e. The van der Waals surface area contributed by atoms with Crippen molar-refractivity contribution in [1.29, 1.82) is 0 Å². The third kappa shape index (κ3) is 4.20. The number of hydrogen-bond donors (Lipinski definition) is 3. The summed E-state index contributed by atoms with van der Waals surface area (Å²) < 4.78 is 0. The molecule has 0 atom stereocenters. The molecule has 0 aromatic carbocycles. The fourth-order valence-electron chi connectivity index (χ4n) is 1.63. The van der Waals surface area contributed by atoms with Gasteiger partial charge < -0.3 is 15.7 Å². The van der Waals surface area contributed by atoms with E-state index in [1.807, 2.05) is 6.07 Å². The van der Waals surface area contributed by atoms with Crippen LogP contribution in [0.5, 0.6) is 0 Å².